The molecule has 14 heteroatoms. The van der Waals surface area contributed by atoms with Crippen LogP contribution < -0.4 is 15.5 Å². The summed E-state index contributed by atoms with van der Waals surface area (Å²) >= 11 is 0. The van der Waals surface area contributed by atoms with E-state index in [0.717, 1.165) is 51.5 Å². The highest BCUT2D eigenvalue weighted by Crippen LogP contribution is 2.45. The fourth-order valence-corrected chi connectivity index (χ4v) is 8.95. The molecule has 6 heterocycles. The Hall–Kier alpha value is -4.27. The number of ketones is 1. The molecule has 0 radical (unpaired) electrons. The van der Waals surface area contributed by atoms with Gasteiger partial charge in [0, 0.05) is 63.8 Å². The van der Waals surface area contributed by atoms with Crippen molar-refractivity contribution >= 4 is 28.8 Å². The molecule has 3 aliphatic heterocycles. The van der Waals surface area contributed by atoms with Gasteiger partial charge >= 0.3 is 0 Å². The van der Waals surface area contributed by atoms with E-state index in [-0.39, 0.29) is 23.1 Å². The molecule has 0 unspecified atom stereocenters. The summed E-state index contributed by atoms with van der Waals surface area (Å²) in [5.41, 5.74) is 1.38. The van der Waals surface area contributed by atoms with Gasteiger partial charge in [0.15, 0.2) is 17.1 Å². The normalized spacial score (nSPS) is 20.8. The molecular formula is C39H50F2N10O2. The number of benzene rings is 1. The number of halogens is 2. The van der Waals surface area contributed by atoms with Crippen LogP contribution in [0.3, 0.4) is 0 Å². The van der Waals surface area contributed by atoms with Gasteiger partial charge in [-0.3, -0.25) is 19.2 Å². The van der Waals surface area contributed by atoms with Gasteiger partial charge in [0.25, 0.3) is 12.3 Å². The second kappa shape index (κ2) is 15.6. The number of aromatic nitrogens is 5. The van der Waals surface area contributed by atoms with Gasteiger partial charge < -0.3 is 20.4 Å². The molecule has 4 aromatic rings. The first kappa shape index (κ1) is 35.7. The van der Waals surface area contributed by atoms with Crippen LogP contribution in [-0.4, -0.2) is 111 Å². The van der Waals surface area contributed by atoms with Gasteiger partial charge in [-0.05, 0) is 81.9 Å². The number of hydrogen-bond donors (Lipinski definition) is 2. The standard InChI is InChI=1S/C39H50F2N10O2/c40-36(41)35-32(26-51(46-35)30-8-17-47(18-9-30)25-28-6-11-39(12-7-28)13-15-42-16-14-39)44-38(53)31-24-43-50-19-10-34(45-37(31)50)49-22-20-48(21-23-49)27-33(52)29-4-2-1-3-5-29/h1-5,10,19,24,26,28,30,36,42H,6-9,11-18,20-23,25,27H2,(H,44,53). The highest BCUT2D eigenvalue weighted by atomic mass is 19.3. The number of hydrogen-bond acceptors (Lipinski definition) is 9. The molecule has 0 atom stereocenters. The molecule has 1 amide bonds. The van der Waals surface area contributed by atoms with Gasteiger partial charge in [-0.2, -0.15) is 10.2 Å². The number of carbonyl (C=O) groups excluding carboxylic acids is 2. The topological polar surface area (TPSA) is 116 Å². The second-order valence-corrected chi connectivity index (χ2v) is 15.6. The van der Waals surface area contributed by atoms with Crippen molar-refractivity contribution in [3.63, 3.8) is 0 Å². The first-order chi connectivity index (χ1) is 25.8. The zero-order valence-electron chi connectivity index (χ0n) is 30.3. The lowest BCUT2D eigenvalue weighted by molar-refractivity contribution is 0.0779. The molecule has 3 aromatic heterocycles. The average Bonchev–Trinajstić information content (AvgIpc) is 3.82. The summed E-state index contributed by atoms with van der Waals surface area (Å²) in [7, 11) is 0. The minimum absolute atomic E-state index is 0.00288. The Bertz CT molecular complexity index is 1870. The van der Waals surface area contributed by atoms with Crippen molar-refractivity contribution < 1.29 is 18.4 Å². The molecule has 1 aromatic carbocycles. The molecule has 2 N–H and O–H groups in total. The Kier molecular flexibility index (Phi) is 10.5. The number of piperazine rings is 1. The van der Waals surface area contributed by atoms with E-state index in [2.05, 4.69) is 35.5 Å². The largest absolute Gasteiger partial charge is 0.354 e. The molecular weight excluding hydrogens is 678 g/mol. The maximum atomic E-state index is 14.3. The van der Waals surface area contributed by atoms with Crippen LogP contribution >= 0.6 is 0 Å². The predicted molar refractivity (Wildman–Crippen MR) is 199 cm³/mol. The van der Waals surface area contributed by atoms with E-state index >= 15 is 0 Å². The number of nitrogens with zero attached hydrogens (tertiary/aromatic N) is 8. The van der Waals surface area contributed by atoms with Crippen LogP contribution in [0.1, 0.15) is 90.2 Å². The lowest BCUT2D eigenvalue weighted by Gasteiger charge is -2.44. The van der Waals surface area contributed by atoms with Crippen molar-refractivity contribution in [1.29, 1.82) is 0 Å². The van der Waals surface area contributed by atoms with Crippen molar-refractivity contribution in [1.82, 2.24) is 39.5 Å². The first-order valence-corrected chi connectivity index (χ1v) is 19.3. The van der Waals surface area contributed by atoms with Crippen LogP contribution in [0, 0.1) is 11.3 Å². The molecule has 1 aliphatic carbocycles. The number of alkyl halides is 2. The molecule has 12 nitrogen and oxygen atoms in total. The summed E-state index contributed by atoms with van der Waals surface area (Å²) in [6.45, 7) is 8.32. The van der Waals surface area contributed by atoms with Crippen LogP contribution in [0.5, 0.6) is 0 Å². The SMILES string of the molecule is O=C(CN1CCN(c2ccn3ncc(C(=O)Nc4cn(C5CCN(CC6CCC7(CCNCC7)CC6)CC5)nc4C(F)F)c3n2)CC1)c1ccccc1. The van der Waals surface area contributed by atoms with Crippen LogP contribution in [-0.2, 0) is 0 Å². The maximum absolute atomic E-state index is 14.3. The van der Waals surface area contributed by atoms with E-state index in [9.17, 15) is 18.4 Å². The van der Waals surface area contributed by atoms with Crippen molar-refractivity contribution in [2.24, 2.45) is 11.3 Å². The van der Waals surface area contributed by atoms with E-state index in [1.165, 1.54) is 49.2 Å². The Morgan fingerprint density at radius 3 is 2.36 bits per heavy atom. The summed E-state index contributed by atoms with van der Waals surface area (Å²) in [6.07, 6.45) is 11.5. The average molecular weight is 729 g/mol. The molecule has 4 aliphatic rings. The monoisotopic (exact) mass is 728 g/mol. The minimum Gasteiger partial charge on any atom is -0.354 e. The number of fused-ring (bicyclic) bond motifs is 1. The van der Waals surface area contributed by atoms with Crippen molar-refractivity contribution in [3.8, 4) is 0 Å². The third-order valence-corrected chi connectivity index (χ3v) is 12.3. The maximum Gasteiger partial charge on any atom is 0.284 e. The highest BCUT2D eigenvalue weighted by molar-refractivity contribution is 6.08. The fourth-order valence-electron chi connectivity index (χ4n) is 8.95. The zero-order chi connectivity index (χ0) is 36.4. The number of amides is 1. The number of rotatable bonds is 10. The van der Waals surface area contributed by atoms with Crippen LogP contribution in [0.4, 0.5) is 20.3 Å². The molecule has 3 saturated heterocycles. The van der Waals surface area contributed by atoms with Crippen LogP contribution in [0.15, 0.2) is 55.0 Å². The summed E-state index contributed by atoms with van der Waals surface area (Å²) in [5.74, 6) is 0.947. The minimum atomic E-state index is -2.84. The molecule has 4 fully saturated rings. The number of piperidine rings is 2. The Morgan fingerprint density at radius 1 is 0.906 bits per heavy atom. The molecule has 1 spiro atoms. The third kappa shape index (κ3) is 8.00. The van der Waals surface area contributed by atoms with E-state index in [1.54, 1.807) is 17.1 Å². The third-order valence-electron chi connectivity index (χ3n) is 12.3. The number of likely N-dealkylation sites (tertiary alicyclic amines) is 1. The zero-order valence-corrected chi connectivity index (χ0v) is 30.3. The van der Waals surface area contributed by atoms with Gasteiger partial charge in [-0.15, -0.1) is 0 Å². The van der Waals surface area contributed by atoms with E-state index in [4.69, 9.17) is 4.98 Å². The summed E-state index contributed by atoms with van der Waals surface area (Å²) in [5, 5.41) is 14.8. The fraction of sp³-hybridized carbons (Fsp3) is 0.564. The quantitative estimate of drug-likeness (QED) is 0.210. The summed E-state index contributed by atoms with van der Waals surface area (Å²) in [6, 6.07) is 11.1. The van der Waals surface area contributed by atoms with Gasteiger partial charge in [0.05, 0.1) is 24.5 Å². The van der Waals surface area contributed by atoms with Crippen LogP contribution in [0.25, 0.3) is 5.65 Å². The number of anilines is 2. The summed E-state index contributed by atoms with van der Waals surface area (Å²) < 4.78 is 31.7. The van der Waals surface area contributed by atoms with Crippen LogP contribution in [0.2, 0.25) is 0 Å². The lowest BCUT2D eigenvalue weighted by Crippen LogP contribution is -2.48. The first-order valence-electron chi connectivity index (χ1n) is 19.3. The molecule has 53 heavy (non-hydrogen) atoms. The number of Topliss-reactive ketones (excluding diaryl/α,β-unsaturated/α-hetero) is 1. The van der Waals surface area contributed by atoms with Gasteiger partial charge in [0.2, 0.25) is 0 Å². The number of nitrogens with one attached hydrogen (secondary N) is 2. The molecule has 1 saturated carbocycles. The predicted octanol–water partition coefficient (Wildman–Crippen LogP) is 5.32. The lowest BCUT2D eigenvalue weighted by atomic mass is 9.65. The van der Waals surface area contributed by atoms with E-state index in [0.29, 0.717) is 55.2 Å². The van der Waals surface area contributed by atoms with E-state index < -0.39 is 18.0 Å². The van der Waals surface area contributed by atoms with Crippen molar-refractivity contribution in [3.05, 3.63) is 71.8 Å². The number of carbonyl (C=O) groups is 2. The van der Waals surface area contributed by atoms with Crippen molar-refractivity contribution in [2.45, 2.75) is 63.8 Å². The van der Waals surface area contributed by atoms with E-state index in [1.807, 2.05) is 36.4 Å². The van der Waals surface area contributed by atoms with Gasteiger partial charge in [-0.25, -0.2) is 18.3 Å². The molecule has 0 bridgehead atoms. The Balaban J connectivity index is 0.867. The van der Waals surface area contributed by atoms with Gasteiger partial charge in [-0.1, -0.05) is 30.3 Å². The Labute approximate surface area is 308 Å². The molecule has 8 rings (SSSR count). The Morgan fingerprint density at radius 2 is 1.64 bits per heavy atom. The smallest absolute Gasteiger partial charge is 0.284 e. The molecule has 282 valence electrons. The summed E-state index contributed by atoms with van der Waals surface area (Å²) in [4.78, 5) is 37.8. The highest BCUT2D eigenvalue weighted by Gasteiger charge is 2.37. The van der Waals surface area contributed by atoms with Gasteiger partial charge in [0.1, 0.15) is 11.4 Å². The van der Waals surface area contributed by atoms with Crippen molar-refractivity contribution in [2.75, 3.05) is 75.7 Å². The second-order valence-electron chi connectivity index (χ2n) is 15.6.